The fourth-order valence-corrected chi connectivity index (χ4v) is 8.57. The summed E-state index contributed by atoms with van der Waals surface area (Å²) in [5.41, 5.74) is 11.6. The van der Waals surface area contributed by atoms with Gasteiger partial charge in [0.2, 0.25) is 0 Å². The van der Waals surface area contributed by atoms with Crippen LogP contribution in [-0.4, -0.2) is 9.55 Å². The highest BCUT2D eigenvalue weighted by atomic mass is 16.5. The van der Waals surface area contributed by atoms with Crippen LogP contribution in [0.2, 0.25) is 0 Å². The number of pyridine rings is 1. The molecule has 1 atom stereocenters. The van der Waals surface area contributed by atoms with E-state index in [-0.39, 0.29) is 0 Å². The smallest absolute Gasteiger partial charge is 0.132 e. The Balaban J connectivity index is 1.13. The molecule has 0 amide bonds. The maximum Gasteiger partial charge on any atom is 0.132 e. The lowest BCUT2D eigenvalue weighted by molar-refractivity contribution is 0.399. The van der Waals surface area contributed by atoms with Gasteiger partial charge in [0.1, 0.15) is 23.0 Å². The van der Waals surface area contributed by atoms with E-state index in [0.29, 0.717) is 0 Å². The molecular weight excluding hydrogens is 637 g/mol. The first kappa shape index (κ1) is 28.9. The Bertz CT molecular complexity index is 2850. The fourth-order valence-electron chi connectivity index (χ4n) is 8.57. The fraction of sp³-hybridized carbons (Fsp3) is 0.0208. The zero-order chi connectivity index (χ0) is 34.2. The molecule has 1 spiro atoms. The van der Waals surface area contributed by atoms with Crippen molar-refractivity contribution in [2.45, 2.75) is 5.41 Å². The lowest BCUT2D eigenvalue weighted by Crippen LogP contribution is -2.36. The van der Waals surface area contributed by atoms with E-state index in [9.17, 15) is 0 Å². The van der Waals surface area contributed by atoms with Gasteiger partial charge in [-0.2, -0.15) is 0 Å². The summed E-state index contributed by atoms with van der Waals surface area (Å²) in [5.74, 6) is 3.34. The Morgan fingerprint density at radius 1 is 0.404 bits per heavy atom. The molecule has 2 aliphatic rings. The van der Waals surface area contributed by atoms with Crippen LogP contribution in [0.5, 0.6) is 23.0 Å². The van der Waals surface area contributed by atoms with Gasteiger partial charge in [-0.25, -0.2) is 0 Å². The van der Waals surface area contributed by atoms with Crippen LogP contribution in [0.1, 0.15) is 22.3 Å². The van der Waals surface area contributed by atoms with Gasteiger partial charge in [-0.3, -0.25) is 4.98 Å². The highest BCUT2D eigenvalue weighted by molar-refractivity contribution is 6.10. The molecule has 0 bridgehead atoms. The molecule has 11 rings (SSSR count). The van der Waals surface area contributed by atoms with Gasteiger partial charge in [-0.1, -0.05) is 109 Å². The molecule has 0 saturated heterocycles. The van der Waals surface area contributed by atoms with E-state index in [2.05, 4.69) is 167 Å². The monoisotopic (exact) mass is 666 g/mol. The summed E-state index contributed by atoms with van der Waals surface area (Å²) in [5, 5.41) is 2.44. The molecular formula is C48H30N2O2. The molecule has 9 aromatic rings. The lowest BCUT2D eigenvalue weighted by Gasteiger charge is -2.45. The van der Waals surface area contributed by atoms with Crippen LogP contribution in [0, 0.1) is 0 Å². The minimum Gasteiger partial charge on any atom is -0.457 e. The quantitative estimate of drug-likeness (QED) is 0.188. The molecule has 0 N–H and O–H groups in total. The number of para-hydroxylation sites is 4. The molecule has 0 radical (unpaired) electrons. The molecule has 52 heavy (non-hydrogen) atoms. The molecule has 4 nitrogen and oxygen atoms in total. The number of nitrogens with zero attached hydrogens (tertiary/aromatic N) is 2. The molecule has 4 heterocycles. The third-order valence-corrected chi connectivity index (χ3v) is 10.8. The first-order valence-electron chi connectivity index (χ1n) is 17.6. The average Bonchev–Trinajstić information content (AvgIpc) is 3.55. The van der Waals surface area contributed by atoms with Gasteiger partial charge < -0.3 is 14.0 Å². The highest BCUT2D eigenvalue weighted by Gasteiger charge is 2.50. The van der Waals surface area contributed by atoms with Gasteiger partial charge in [0.05, 0.1) is 16.4 Å². The van der Waals surface area contributed by atoms with Crippen LogP contribution in [0.25, 0.3) is 49.7 Å². The first-order valence-corrected chi connectivity index (χ1v) is 17.6. The van der Waals surface area contributed by atoms with Crippen LogP contribution < -0.4 is 9.47 Å². The van der Waals surface area contributed by atoms with Crippen molar-refractivity contribution in [3.8, 4) is 50.9 Å². The van der Waals surface area contributed by atoms with Gasteiger partial charge in [-0.05, 0) is 77.4 Å². The molecule has 2 aliphatic heterocycles. The van der Waals surface area contributed by atoms with Crippen LogP contribution >= 0.6 is 0 Å². The second kappa shape index (κ2) is 11.0. The van der Waals surface area contributed by atoms with Gasteiger partial charge >= 0.3 is 0 Å². The van der Waals surface area contributed by atoms with Crippen molar-refractivity contribution >= 4 is 21.8 Å². The van der Waals surface area contributed by atoms with Crippen molar-refractivity contribution in [2.75, 3.05) is 0 Å². The largest absolute Gasteiger partial charge is 0.457 e. The minimum atomic E-state index is -0.659. The summed E-state index contributed by atoms with van der Waals surface area (Å²) in [6.45, 7) is 0. The second-order valence-corrected chi connectivity index (χ2v) is 13.5. The number of aromatic nitrogens is 2. The topological polar surface area (TPSA) is 36.3 Å². The van der Waals surface area contributed by atoms with Gasteiger partial charge in [0.15, 0.2) is 0 Å². The molecule has 244 valence electrons. The Labute approximate surface area is 300 Å². The maximum absolute atomic E-state index is 6.86. The summed E-state index contributed by atoms with van der Waals surface area (Å²) in [6.07, 6.45) is 3.69. The predicted molar refractivity (Wildman–Crippen MR) is 208 cm³/mol. The molecule has 7 aromatic carbocycles. The third-order valence-electron chi connectivity index (χ3n) is 10.8. The summed E-state index contributed by atoms with van der Waals surface area (Å²) in [4.78, 5) is 4.37. The Hall–Kier alpha value is -6.91. The van der Waals surface area contributed by atoms with Crippen LogP contribution in [0.3, 0.4) is 0 Å². The number of ether oxygens (including phenoxy) is 2. The van der Waals surface area contributed by atoms with Gasteiger partial charge in [-0.15, -0.1) is 0 Å². The molecule has 0 saturated carbocycles. The van der Waals surface area contributed by atoms with E-state index in [4.69, 9.17) is 9.47 Å². The van der Waals surface area contributed by atoms with Crippen LogP contribution in [0.4, 0.5) is 0 Å². The molecule has 2 aromatic heterocycles. The Morgan fingerprint density at radius 3 is 1.65 bits per heavy atom. The van der Waals surface area contributed by atoms with E-state index in [1.165, 1.54) is 21.8 Å². The van der Waals surface area contributed by atoms with Crippen molar-refractivity contribution in [2.24, 2.45) is 0 Å². The van der Waals surface area contributed by atoms with Crippen molar-refractivity contribution < 1.29 is 9.47 Å². The van der Waals surface area contributed by atoms with E-state index in [0.717, 1.165) is 73.2 Å². The van der Waals surface area contributed by atoms with E-state index in [1.807, 2.05) is 18.3 Å². The Morgan fingerprint density at radius 2 is 0.962 bits per heavy atom. The summed E-state index contributed by atoms with van der Waals surface area (Å²) >= 11 is 0. The van der Waals surface area contributed by atoms with E-state index in [1.54, 1.807) is 6.20 Å². The van der Waals surface area contributed by atoms with E-state index < -0.39 is 5.41 Å². The van der Waals surface area contributed by atoms with E-state index >= 15 is 0 Å². The third kappa shape index (κ3) is 4.06. The minimum absolute atomic E-state index is 0.659. The zero-order valence-corrected chi connectivity index (χ0v) is 28.0. The van der Waals surface area contributed by atoms with Crippen LogP contribution in [0.15, 0.2) is 182 Å². The van der Waals surface area contributed by atoms with Crippen molar-refractivity contribution in [1.82, 2.24) is 9.55 Å². The van der Waals surface area contributed by atoms with Crippen molar-refractivity contribution in [1.29, 1.82) is 0 Å². The number of rotatable bonds is 3. The summed E-state index contributed by atoms with van der Waals surface area (Å²) < 4.78 is 15.9. The normalized spacial score (nSPS) is 15.3. The number of benzene rings is 7. The Kier molecular flexibility index (Phi) is 6.13. The number of fused-ring (bicyclic) bond motifs is 11. The van der Waals surface area contributed by atoms with Crippen molar-refractivity contribution in [3.63, 3.8) is 0 Å². The number of hydrogen-bond acceptors (Lipinski definition) is 3. The lowest BCUT2D eigenvalue weighted by atomic mass is 9.62. The summed E-state index contributed by atoms with van der Waals surface area (Å²) in [7, 11) is 0. The van der Waals surface area contributed by atoms with Gasteiger partial charge in [0.25, 0.3) is 0 Å². The van der Waals surface area contributed by atoms with Crippen molar-refractivity contribution in [3.05, 3.63) is 205 Å². The zero-order valence-electron chi connectivity index (χ0n) is 28.0. The molecule has 0 fully saturated rings. The summed E-state index contributed by atoms with van der Waals surface area (Å²) in [6, 6.07) is 60.2. The van der Waals surface area contributed by atoms with Crippen LogP contribution in [-0.2, 0) is 5.41 Å². The average molecular weight is 667 g/mol. The first-order chi connectivity index (χ1) is 25.8. The maximum atomic E-state index is 6.86. The SMILES string of the molecule is c1ccc(-n2c3ccccc3c3cc(-c4ccc5c(c4)Oc4ccccc4C54c5ccccc5Oc5cc(-c6cccnc6)ccc54)ccc32)cc1. The predicted octanol–water partition coefficient (Wildman–Crippen LogP) is 12.1. The second-order valence-electron chi connectivity index (χ2n) is 13.5. The molecule has 1 unspecified atom stereocenters. The number of hydrogen-bond donors (Lipinski definition) is 0. The standard InChI is InChI=1S/C48H30N2O2/c1-2-12-35(13-3-1)50-42-17-7-4-14-36(42)37-27-31(22-25-43(37)50)32-20-23-40-46(28-32)51-44-18-8-5-15-38(44)48(40)39-16-6-9-19-45(39)52-47-29-33(21-24-41(47)48)34-11-10-26-49-30-34/h1-30H. The highest BCUT2D eigenvalue weighted by Crippen LogP contribution is 2.62. The molecule has 0 aliphatic carbocycles. The van der Waals surface area contributed by atoms with Gasteiger partial charge in [0, 0.05) is 56.7 Å². The molecule has 4 heteroatoms.